The van der Waals surface area contributed by atoms with Gasteiger partial charge in [-0.1, -0.05) is 0 Å². The zero-order chi connectivity index (χ0) is 12.8. The maximum atomic E-state index is 11.4. The monoisotopic (exact) mass is 267 g/mol. The first-order chi connectivity index (χ1) is 8.75. The van der Waals surface area contributed by atoms with Crippen molar-refractivity contribution < 1.29 is 4.79 Å². The largest absolute Gasteiger partial charge is 0.353 e. The van der Waals surface area contributed by atoms with E-state index in [2.05, 4.69) is 15.6 Å². The highest BCUT2D eigenvalue weighted by Gasteiger charge is 2.22. The van der Waals surface area contributed by atoms with Gasteiger partial charge in [0.15, 0.2) is 0 Å². The molecule has 0 unspecified atom stereocenters. The van der Waals surface area contributed by atoms with Crippen molar-refractivity contribution in [1.29, 1.82) is 0 Å². The summed E-state index contributed by atoms with van der Waals surface area (Å²) in [5.74, 6) is 0.206. The van der Waals surface area contributed by atoms with Crippen molar-refractivity contribution in [1.82, 2.24) is 15.6 Å². The summed E-state index contributed by atoms with van der Waals surface area (Å²) in [6.45, 7) is 3.93. The summed E-state index contributed by atoms with van der Waals surface area (Å²) >= 11 is 1.72. The molecule has 0 spiro atoms. The number of rotatable bonds is 8. The third-order valence-corrected chi connectivity index (χ3v) is 4.07. The van der Waals surface area contributed by atoms with Crippen LogP contribution in [-0.2, 0) is 11.2 Å². The van der Waals surface area contributed by atoms with Gasteiger partial charge in [-0.2, -0.15) is 0 Å². The quantitative estimate of drug-likeness (QED) is 0.704. The van der Waals surface area contributed by atoms with Crippen LogP contribution in [0.15, 0.2) is 5.51 Å². The lowest BCUT2D eigenvalue weighted by molar-refractivity contribution is -0.121. The minimum Gasteiger partial charge on any atom is -0.353 e. The molecule has 18 heavy (non-hydrogen) atoms. The highest BCUT2D eigenvalue weighted by atomic mass is 32.1. The van der Waals surface area contributed by atoms with Gasteiger partial charge in [0, 0.05) is 23.9 Å². The molecule has 0 aliphatic heterocycles. The van der Waals surface area contributed by atoms with Crippen molar-refractivity contribution in [3.63, 3.8) is 0 Å². The fraction of sp³-hybridized carbons (Fsp3) is 0.692. The van der Waals surface area contributed by atoms with Gasteiger partial charge in [0.1, 0.15) is 0 Å². The Hall–Kier alpha value is -0.940. The molecule has 0 saturated heterocycles. The normalized spacial score (nSPS) is 14.7. The van der Waals surface area contributed by atoms with Gasteiger partial charge in [-0.05, 0) is 39.2 Å². The zero-order valence-corrected chi connectivity index (χ0v) is 11.7. The zero-order valence-electron chi connectivity index (χ0n) is 10.9. The standard InChI is InChI=1S/C13H21N3OS/c1-10-12(18-9-15-10)6-8-14-7-2-3-13(17)16-11-4-5-11/h9,11,14H,2-8H2,1H3,(H,16,17). The lowest BCUT2D eigenvalue weighted by atomic mass is 10.2. The number of carbonyl (C=O) groups is 1. The van der Waals surface area contributed by atoms with Crippen LogP contribution in [0, 0.1) is 6.92 Å². The molecule has 1 fully saturated rings. The average Bonchev–Trinajstić information content (AvgIpc) is 3.06. The van der Waals surface area contributed by atoms with Crippen molar-refractivity contribution in [2.24, 2.45) is 0 Å². The molecule has 1 aromatic rings. The molecule has 100 valence electrons. The number of hydrogen-bond donors (Lipinski definition) is 2. The van der Waals surface area contributed by atoms with Gasteiger partial charge in [0.2, 0.25) is 5.91 Å². The molecule has 1 amide bonds. The minimum atomic E-state index is 0.206. The van der Waals surface area contributed by atoms with E-state index in [9.17, 15) is 4.79 Å². The number of carbonyl (C=O) groups excluding carboxylic acids is 1. The van der Waals surface area contributed by atoms with E-state index in [1.807, 2.05) is 12.4 Å². The molecule has 1 heterocycles. The van der Waals surface area contributed by atoms with E-state index < -0.39 is 0 Å². The molecule has 1 saturated carbocycles. The summed E-state index contributed by atoms with van der Waals surface area (Å²) in [4.78, 5) is 17.0. The Morgan fingerprint density at radius 2 is 2.33 bits per heavy atom. The summed E-state index contributed by atoms with van der Waals surface area (Å²) in [7, 11) is 0. The predicted octanol–water partition coefficient (Wildman–Crippen LogP) is 1.64. The molecule has 4 nitrogen and oxygen atoms in total. The van der Waals surface area contributed by atoms with Crippen LogP contribution in [-0.4, -0.2) is 30.0 Å². The maximum absolute atomic E-state index is 11.4. The van der Waals surface area contributed by atoms with Gasteiger partial charge < -0.3 is 10.6 Å². The molecule has 0 aromatic carbocycles. The Morgan fingerprint density at radius 3 is 3.00 bits per heavy atom. The van der Waals surface area contributed by atoms with Crippen molar-refractivity contribution >= 4 is 17.2 Å². The fourth-order valence-corrected chi connectivity index (χ4v) is 2.58. The Morgan fingerprint density at radius 1 is 1.50 bits per heavy atom. The number of nitrogens with zero attached hydrogens (tertiary/aromatic N) is 1. The van der Waals surface area contributed by atoms with E-state index in [0.29, 0.717) is 12.5 Å². The first-order valence-corrected chi connectivity index (χ1v) is 7.52. The highest BCUT2D eigenvalue weighted by Crippen LogP contribution is 2.18. The van der Waals surface area contributed by atoms with Crippen LogP contribution < -0.4 is 10.6 Å². The number of nitrogens with one attached hydrogen (secondary N) is 2. The van der Waals surface area contributed by atoms with Gasteiger partial charge in [-0.25, -0.2) is 4.98 Å². The Balaban J connectivity index is 1.46. The highest BCUT2D eigenvalue weighted by molar-refractivity contribution is 7.09. The van der Waals surface area contributed by atoms with Crippen LogP contribution in [0.3, 0.4) is 0 Å². The van der Waals surface area contributed by atoms with E-state index in [-0.39, 0.29) is 5.91 Å². The number of aryl methyl sites for hydroxylation is 1. The molecule has 2 rings (SSSR count). The molecule has 1 aliphatic rings. The summed E-state index contributed by atoms with van der Waals surface area (Å²) in [5, 5.41) is 6.38. The minimum absolute atomic E-state index is 0.206. The van der Waals surface area contributed by atoms with Crippen LogP contribution in [0.25, 0.3) is 0 Å². The Kier molecular flexibility index (Phi) is 5.13. The second-order valence-electron chi connectivity index (χ2n) is 4.81. The lowest BCUT2D eigenvalue weighted by Gasteiger charge is -2.05. The van der Waals surface area contributed by atoms with Gasteiger partial charge in [-0.3, -0.25) is 4.79 Å². The average molecular weight is 267 g/mol. The first kappa shape index (κ1) is 13.5. The first-order valence-electron chi connectivity index (χ1n) is 6.65. The van der Waals surface area contributed by atoms with E-state index in [1.54, 1.807) is 11.3 Å². The second-order valence-corrected chi connectivity index (χ2v) is 5.75. The van der Waals surface area contributed by atoms with Crippen LogP contribution >= 0.6 is 11.3 Å². The van der Waals surface area contributed by atoms with Crippen molar-refractivity contribution in [3.8, 4) is 0 Å². The number of thiazole rings is 1. The number of hydrogen-bond acceptors (Lipinski definition) is 4. The third-order valence-electron chi connectivity index (χ3n) is 3.07. The fourth-order valence-electron chi connectivity index (χ4n) is 1.79. The van der Waals surface area contributed by atoms with Crippen molar-refractivity contribution in [2.75, 3.05) is 13.1 Å². The summed E-state index contributed by atoms with van der Waals surface area (Å²) in [5.41, 5.74) is 3.04. The molecular weight excluding hydrogens is 246 g/mol. The molecule has 0 bridgehead atoms. The van der Waals surface area contributed by atoms with Crippen molar-refractivity contribution in [2.45, 2.75) is 45.1 Å². The summed E-state index contributed by atoms with van der Waals surface area (Å²) in [6, 6.07) is 0.486. The molecule has 1 aromatic heterocycles. The van der Waals surface area contributed by atoms with Crippen LogP contribution in [0.5, 0.6) is 0 Å². The van der Waals surface area contributed by atoms with E-state index in [0.717, 1.165) is 44.5 Å². The second kappa shape index (κ2) is 6.85. The van der Waals surface area contributed by atoms with E-state index in [1.165, 1.54) is 4.88 Å². The van der Waals surface area contributed by atoms with E-state index >= 15 is 0 Å². The van der Waals surface area contributed by atoms with Gasteiger partial charge in [0.05, 0.1) is 11.2 Å². The van der Waals surface area contributed by atoms with Gasteiger partial charge >= 0.3 is 0 Å². The van der Waals surface area contributed by atoms with Crippen LogP contribution in [0.4, 0.5) is 0 Å². The van der Waals surface area contributed by atoms with E-state index in [4.69, 9.17) is 0 Å². The Labute approximate surface area is 112 Å². The van der Waals surface area contributed by atoms with Gasteiger partial charge in [0.25, 0.3) is 0 Å². The summed E-state index contributed by atoms with van der Waals surface area (Å²) in [6.07, 6.45) is 4.92. The molecule has 0 radical (unpaired) electrons. The maximum Gasteiger partial charge on any atom is 0.220 e. The third kappa shape index (κ3) is 4.74. The number of amides is 1. The smallest absolute Gasteiger partial charge is 0.220 e. The lowest BCUT2D eigenvalue weighted by Crippen LogP contribution is -2.26. The molecular formula is C13H21N3OS. The summed E-state index contributed by atoms with van der Waals surface area (Å²) < 4.78 is 0. The topological polar surface area (TPSA) is 54.0 Å². The van der Waals surface area contributed by atoms with Crippen molar-refractivity contribution in [3.05, 3.63) is 16.1 Å². The molecule has 0 atom stereocenters. The van der Waals surface area contributed by atoms with Crippen LogP contribution in [0.1, 0.15) is 36.3 Å². The Bertz CT molecular complexity index is 387. The van der Waals surface area contributed by atoms with Crippen LogP contribution in [0.2, 0.25) is 0 Å². The predicted molar refractivity (Wildman–Crippen MR) is 73.8 cm³/mol. The molecule has 2 N–H and O–H groups in total. The molecule has 1 aliphatic carbocycles. The number of aromatic nitrogens is 1. The molecule has 5 heteroatoms. The van der Waals surface area contributed by atoms with Gasteiger partial charge in [-0.15, -0.1) is 11.3 Å². The SMILES string of the molecule is Cc1ncsc1CCNCCCC(=O)NC1CC1.